The van der Waals surface area contributed by atoms with E-state index in [0.29, 0.717) is 51.4 Å². The minimum absolute atomic E-state index is 0.0591. The lowest BCUT2D eigenvalue weighted by molar-refractivity contribution is -0.398. The van der Waals surface area contributed by atoms with Crippen LogP contribution >= 0.6 is 0 Å². The third kappa shape index (κ3) is 9.77. The Hall–Kier alpha value is -2.27. The molecule has 344 valence electrons. The van der Waals surface area contributed by atoms with Gasteiger partial charge in [-0.15, -0.1) is 0 Å². The molecule has 60 heavy (non-hydrogen) atoms. The molecule has 5 heterocycles. The van der Waals surface area contributed by atoms with Crippen molar-refractivity contribution in [3.8, 4) is 0 Å². The highest BCUT2D eigenvalue weighted by molar-refractivity contribution is 5.84. The molecular weight excluding hydrogens is 784 g/mol. The van der Waals surface area contributed by atoms with Crippen LogP contribution < -0.4 is 5.32 Å². The van der Waals surface area contributed by atoms with Crippen molar-refractivity contribution in [1.29, 1.82) is 0 Å². The predicted molar refractivity (Wildman–Crippen MR) is 217 cm³/mol. The standard InChI is InChI=1S/C45H73F2NO12/c1-11-30(40(51)52)32-15-14-24(4)38(57-32)28(8)36(49)27(7)37(50)31(12-2)39-25(5)22-26(6)44(58-39)19-16-33(48-41(53)55-23-35(46)47)45(60-44)21-20-42(10,59-45)34-17-18-43(54,13-3)29(9)56-34/h16,19,24-36,38-39,49,54H,11-15,17-18,20-23H2,1-10H3,(H,48,53)(H,51,52)/t24-,25-,26+,27-,28-,29-,30+,31-,32+,33?,34+,36+,38+,39-,42-,43+,44-,45-/m0/s1. The topological polar surface area (TPSA) is 179 Å². The predicted octanol–water partition coefficient (Wildman–Crippen LogP) is 7.19. The maximum Gasteiger partial charge on any atom is 0.407 e. The smallest absolute Gasteiger partial charge is 0.407 e. The van der Waals surface area contributed by atoms with Gasteiger partial charge in [-0.1, -0.05) is 61.5 Å². The third-order valence-electron chi connectivity index (χ3n) is 15.1. The molecule has 5 aliphatic heterocycles. The van der Waals surface area contributed by atoms with E-state index in [1.54, 1.807) is 19.1 Å². The van der Waals surface area contributed by atoms with Crippen LogP contribution in [0.15, 0.2) is 12.2 Å². The fraction of sp³-hybridized carbons (Fsp3) is 0.889. The fourth-order valence-corrected chi connectivity index (χ4v) is 11.0. The highest BCUT2D eigenvalue weighted by Gasteiger charge is 2.63. The molecule has 4 saturated heterocycles. The summed E-state index contributed by atoms with van der Waals surface area (Å²) in [5.41, 5.74) is -1.90. The SMILES string of the molecule is CC[C@@H](C(=O)[C@@H](C)[C@@H](O)[C@H](C)[C@@H]1O[C@@H]([C@@H](CC)C(=O)O)CC[C@@H]1C)[C@H]1O[C@]2(C=CC(NC(=O)OCC(F)F)[C@]3(CC[C@@](C)([C@H]4CC[C@](O)(CC)[C@H](C)O4)O3)O2)[C@H](C)C[C@@H]1C. The average Bonchev–Trinajstić information content (AvgIpc) is 3.54. The van der Waals surface area contributed by atoms with Gasteiger partial charge in [-0.25, -0.2) is 13.6 Å². The minimum atomic E-state index is -2.85. The van der Waals surface area contributed by atoms with E-state index in [1.165, 1.54) is 0 Å². The fourth-order valence-electron chi connectivity index (χ4n) is 11.0. The van der Waals surface area contributed by atoms with Crippen molar-refractivity contribution in [1.82, 2.24) is 5.32 Å². The van der Waals surface area contributed by atoms with Gasteiger partial charge in [-0.05, 0) is 89.5 Å². The maximum absolute atomic E-state index is 14.6. The zero-order chi connectivity index (χ0) is 44.5. The van der Waals surface area contributed by atoms with Gasteiger partial charge in [0, 0.05) is 30.1 Å². The number of ketones is 1. The summed E-state index contributed by atoms with van der Waals surface area (Å²) in [5.74, 6) is -6.85. The van der Waals surface area contributed by atoms with E-state index in [2.05, 4.69) is 5.32 Å². The number of carboxylic acid groups (broad SMARTS) is 1. The monoisotopic (exact) mass is 858 g/mol. The van der Waals surface area contributed by atoms with Gasteiger partial charge in [-0.2, -0.15) is 0 Å². The Morgan fingerprint density at radius 2 is 1.60 bits per heavy atom. The molecule has 0 saturated carbocycles. The number of hydrogen-bond acceptors (Lipinski definition) is 11. The van der Waals surface area contributed by atoms with Crippen LogP contribution in [0.5, 0.6) is 0 Å². The molecule has 0 aromatic heterocycles. The molecule has 0 aromatic carbocycles. The van der Waals surface area contributed by atoms with E-state index in [1.807, 2.05) is 62.3 Å². The van der Waals surface area contributed by atoms with Crippen LogP contribution in [0.1, 0.15) is 133 Å². The van der Waals surface area contributed by atoms with E-state index in [0.717, 1.165) is 6.42 Å². The van der Waals surface area contributed by atoms with Crippen LogP contribution in [0.4, 0.5) is 13.6 Å². The Bertz CT molecular complexity index is 1540. The quantitative estimate of drug-likeness (QED) is 0.122. The molecule has 15 heteroatoms. The molecule has 1 unspecified atom stereocenters. The first-order valence-corrected chi connectivity index (χ1v) is 22.6. The van der Waals surface area contributed by atoms with Crippen LogP contribution in [0.25, 0.3) is 0 Å². The third-order valence-corrected chi connectivity index (χ3v) is 15.1. The summed E-state index contributed by atoms with van der Waals surface area (Å²) in [6.07, 6.45) is 1.09. The molecule has 0 aromatic rings. The number of Topliss-reactive ketones (excluding diaryl/α,β-unsaturated/α-hetero) is 1. The number of alkyl halides is 2. The van der Waals surface area contributed by atoms with E-state index in [-0.39, 0.29) is 30.0 Å². The van der Waals surface area contributed by atoms with Crippen molar-refractivity contribution in [2.45, 2.75) is 205 Å². The number of carbonyl (C=O) groups is 3. The number of aliphatic carboxylic acids is 1. The molecule has 0 bridgehead atoms. The molecule has 0 aliphatic carbocycles. The second kappa shape index (κ2) is 19.2. The molecule has 13 nitrogen and oxygen atoms in total. The molecule has 2 spiro atoms. The van der Waals surface area contributed by atoms with Crippen molar-refractivity contribution in [2.75, 3.05) is 6.61 Å². The number of halogens is 2. The molecular formula is C45H73F2NO12. The van der Waals surface area contributed by atoms with E-state index in [4.69, 9.17) is 28.4 Å². The first-order valence-electron chi connectivity index (χ1n) is 22.6. The number of ether oxygens (including phenoxy) is 6. The van der Waals surface area contributed by atoms with Crippen molar-refractivity contribution in [2.24, 2.45) is 41.4 Å². The Morgan fingerprint density at radius 3 is 2.20 bits per heavy atom. The molecule has 1 amide bonds. The lowest BCUT2D eigenvalue weighted by Crippen LogP contribution is -2.65. The van der Waals surface area contributed by atoms with E-state index >= 15 is 0 Å². The number of nitrogens with one attached hydrogen (secondary N) is 1. The van der Waals surface area contributed by atoms with Gasteiger partial charge in [-0.3, -0.25) is 9.59 Å². The number of hydrogen-bond donors (Lipinski definition) is 4. The van der Waals surface area contributed by atoms with Crippen LogP contribution in [0, 0.1) is 41.4 Å². The summed E-state index contributed by atoms with van der Waals surface area (Å²) < 4.78 is 64.7. The highest BCUT2D eigenvalue weighted by Crippen LogP contribution is 2.54. The van der Waals surface area contributed by atoms with Crippen LogP contribution in [-0.2, 0) is 38.0 Å². The first-order chi connectivity index (χ1) is 28.1. The van der Waals surface area contributed by atoms with E-state index < -0.39 is 114 Å². The molecule has 5 aliphatic rings. The van der Waals surface area contributed by atoms with Gasteiger partial charge in [0.15, 0.2) is 18.2 Å². The summed E-state index contributed by atoms with van der Waals surface area (Å²) in [5, 5.41) is 35.5. The lowest BCUT2D eigenvalue weighted by Gasteiger charge is -2.55. The van der Waals surface area contributed by atoms with Crippen molar-refractivity contribution in [3.05, 3.63) is 12.2 Å². The molecule has 4 fully saturated rings. The van der Waals surface area contributed by atoms with Gasteiger partial charge in [0.1, 0.15) is 11.8 Å². The molecule has 0 radical (unpaired) electrons. The average molecular weight is 858 g/mol. The summed E-state index contributed by atoms with van der Waals surface area (Å²) in [6.45, 7) is 18.0. The lowest BCUT2D eigenvalue weighted by atomic mass is 9.72. The zero-order valence-electron chi connectivity index (χ0n) is 37.4. The molecule has 18 atom stereocenters. The summed E-state index contributed by atoms with van der Waals surface area (Å²) in [7, 11) is 0. The summed E-state index contributed by atoms with van der Waals surface area (Å²) in [4.78, 5) is 39.5. The summed E-state index contributed by atoms with van der Waals surface area (Å²) in [6, 6.07) is -0.968. The number of carboxylic acids is 1. The van der Waals surface area contributed by atoms with Gasteiger partial charge < -0.3 is 49.1 Å². The van der Waals surface area contributed by atoms with Crippen LogP contribution in [-0.4, -0.2) is 112 Å². The Kier molecular flexibility index (Phi) is 15.6. The largest absolute Gasteiger partial charge is 0.481 e. The normalized spacial score (nSPS) is 42.1. The van der Waals surface area contributed by atoms with Crippen LogP contribution in [0.3, 0.4) is 0 Å². The molecule has 5 rings (SSSR count). The number of aliphatic hydroxyl groups excluding tert-OH is 1. The summed E-state index contributed by atoms with van der Waals surface area (Å²) >= 11 is 0. The van der Waals surface area contributed by atoms with Crippen molar-refractivity contribution in [3.63, 3.8) is 0 Å². The number of amides is 1. The second-order valence-electron chi connectivity index (χ2n) is 19.1. The van der Waals surface area contributed by atoms with Gasteiger partial charge in [0.05, 0.1) is 53.7 Å². The zero-order valence-corrected chi connectivity index (χ0v) is 37.4. The number of carbonyl (C=O) groups excluding carboxylic acids is 2. The Balaban J connectivity index is 1.39. The van der Waals surface area contributed by atoms with Crippen molar-refractivity contribution >= 4 is 17.8 Å². The Labute approximate surface area is 355 Å². The van der Waals surface area contributed by atoms with E-state index in [9.17, 15) is 38.5 Å². The minimum Gasteiger partial charge on any atom is -0.481 e. The van der Waals surface area contributed by atoms with Gasteiger partial charge in [0.25, 0.3) is 6.43 Å². The van der Waals surface area contributed by atoms with Gasteiger partial charge in [0.2, 0.25) is 0 Å². The van der Waals surface area contributed by atoms with Gasteiger partial charge >= 0.3 is 12.1 Å². The molecule has 4 N–H and O–H groups in total. The highest BCUT2D eigenvalue weighted by atomic mass is 19.3. The number of rotatable bonds is 15. The number of aliphatic hydroxyl groups is 2. The first kappa shape index (κ1) is 48.8. The van der Waals surface area contributed by atoms with Crippen molar-refractivity contribution < 1.29 is 66.9 Å². The number of alkyl carbamates (subject to hydrolysis) is 1. The van der Waals surface area contributed by atoms with Crippen LogP contribution in [0.2, 0.25) is 0 Å². The second-order valence-corrected chi connectivity index (χ2v) is 19.1. The Morgan fingerprint density at radius 1 is 0.917 bits per heavy atom. The maximum atomic E-state index is 14.6.